The standard InChI is InChI=1S/C19H13NO2S.C18H19NO3S.C15H13BrO3.C12H9NOS/c1-2-6-18-20-17(13-23-18)14-9-11-16(12-10-14)22-19(21)15-7-4-3-5-8-15;1-5-6-16-19-15(12-23-16)13-7-9-14(10-8-13)21-11-17(20)22-18(2,3)4;16-10-11-18-13-6-8-14(9-7-13)19-15(17)12-4-2-1-3-5-12;1-2-3-12-13-11(8-15-12)9-4-6-10(14)7-5-9/h1,3-5,7-13H,6H2;1,7-10,12H,6,11H2,2-4H3;1-9H,10-11H2;1,4-8,14H,3H2. The van der Waals surface area contributed by atoms with Gasteiger partial charge in [-0.15, -0.1) is 53.3 Å². The van der Waals surface area contributed by atoms with Crippen LogP contribution >= 0.6 is 49.9 Å². The Morgan fingerprint density at radius 3 is 1.24 bits per heavy atom. The van der Waals surface area contributed by atoms with Crippen LogP contribution in [0.2, 0.25) is 0 Å². The van der Waals surface area contributed by atoms with E-state index in [1.807, 2.05) is 85.4 Å². The van der Waals surface area contributed by atoms with E-state index in [4.69, 9.17) is 48.1 Å². The SMILES string of the molecule is C#CCc1nc(-c2ccc(O)cc2)cs1.C#CCc1nc(-c2ccc(OC(=O)c3ccccc3)cc2)cs1.C#CCc1nc(-c2ccc(OCC(=O)OC(C)(C)C)cc2)cs1.O=C(Oc1ccc(OCCBr)cc1)c1ccccc1. The zero-order valence-corrected chi connectivity index (χ0v) is 47.9. The molecular weight excluding hydrogens is 1130 g/mol. The van der Waals surface area contributed by atoms with Crippen molar-refractivity contribution in [2.45, 2.75) is 45.6 Å². The second-order valence-corrected chi connectivity index (χ2v) is 21.1. The molecule has 0 atom stereocenters. The average Bonchev–Trinajstić information content (AvgIpc) is 4.27. The lowest BCUT2D eigenvalue weighted by Crippen LogP contribution is -2.27. The van der Waals surface area contributed by atoms with Crippen LogP contribution in [0.1, 0.15) is 56.5 Å². The van der Waals surface area contributed by atoms with Crippen molar-refractivity contribution in [3.63, 3.8) is 0 Å². The third kappa shape index (κ3) is 20.5. The van der Waals surface area contributed by atoms with Crippen LogP contribution in [0.3, 0.4) is 0 Å². The minimum absolute atomic E-state index is 0.111. The number of aromatic hydroxyl groups is 1. The molecule has 6 aromatic carbocycles. The Labute approximate surface area is 486 Å². The van der Waals surface area contributed by atoms with Gasteiger partial charge in [0.1, 0.15) is 49.4 Å². The van der Waals surface area contributed by atoms with Gasteiger partial charge in [0, 0.05) is 38.2 Å². The number of benzene rings is 6. The molecule has 9 rings (SSSR count). The number of nitrogens with zero attached hydrogens (tertiary/aromatic N) is 3. The molecule has 404 valence electrons. The van der Waals surface area contributed by atoms with Crippen LogP contribution in [0.5, 0.6) is 28.7 Å². The molecule has 0 radical (unpaired) electrons. The summed E-state index contributed by atoms with van der Waals surface area (Å²) in [7, 11) is 0. The van der Waals surface area contributed by atoms with Crippen LogP contribution < -0.4 is 18.9 Å². The molecule has 0 aliphatic heterocycles. The molecule has 0 aliphatic rings. The van der Waals surface area contributed by atoms with Crippen molar-refractivity contribution < 1.29 is 43.2 Å². The second-order valence-electron chi connectivity index (χ2n) is 17.5. The number of ether oxygens (including phenoxy) is 5. The Hall–Kier alpha value is -8.82. The van der Waals surface area contributed by atoms with E-state index >= 15 is 0 Å². The number of hydrogen-bond acceptors (Lipinski definition) is 15. The van der Waals surface area contributed by atoms with E-state index in [1.54, 1.807) is 143 Å². The normalized spacial score (nSPS) is 10.2. The molecule has 16 heteroatoms. The molecule has 0 spiro atoms. The molecule has 0 saturated carbocycles. The fraction of sp³-hybridized carbons (Fsp3) is 0.156. The highest BCUT2D eigenvalue weighted by molar-refractivity contribution is 9.09. The first-order valence-corrected chi connectivity index (χ1v) is 28.3. The van der Waals surface area contributed by atoms with Crippen LogP contribution in [-0.4, -0.2) is 62.1 Å². The van der Waals surface area contributed by atoms with Gasteiger partial charge >= 0.3 is 17.9 Å². The summed E-state index contributed by atoms with van der Waals surface area (Å²) < 4.78 is 26.6. The summed E-state index contributed by atoms with van der Waals surface area (Å²) in [6.07, 6.45) is 17.4. The van der Waals surface area contributed by atoms with Crippen LogP contribution in [0.15, 0.2) is 174 Å². The Balaban J connectivity index is 0.000000174. The quantitative estimate of drug-likeness (QED) is 0.0423. The molecule has 0 aliphatic carbocycles. The van der Waals surface area contributed by atoms with E-state index in [9.17, 15) is 14.4 Å². The molecule has 3 aromatic heterocycles. The van der Waals surface area contributed by atoms with Gasteiger partial charge in [0.05, 0.1) is 54.1 Å². The molecule has 0 fully saturated rings. The predicted octanol–water partition coefficient (Wildman–Crippen LogP) is 14.3. The number of esters is 3. The molecule has 1 N–H and O–H groups in total. The Morgan fingerprint density at radius 2 is 0.863 bits per heavy atom. The van der Waals surface area contributed by atoms with Crippen molar-refractivity contribution >= 4 is 67.8 Å². The first-order chi connectivity index (χ1) is 38.7. The highest BCUT2D eigenvalue weighted by Gasteiger charge is 2.17. The van der Waals surface area contributed by atoms with Gasteiger partial charge in [0.25, 0.3) is 0 Å². The number of aromatic nitrogens is 3. The molecule has 9 aromatic rings. The van der Waals surface area contributed by atoms with Gasteiger partial charge < -0.3 is 28.8 Å². The summed E-state index contributed by atoms with van der Waals surface area (Å²) in [5, 5.41) is 18.6. The van der Waals surface area contributed by atoms with Crippen molar-refractivity contribution in [2.75, 3.05) is 18.5 Å². The summed E-state index contributed by atoms with van der Waals surface area (Å²) in [4.78, 5) is 48.8. The molecular formula is C64H54BrN3O9S3. The summed E-state index contributed by atoms with van der Waals surface area (Å²) in [6, 6.07) is 46.4. The van der Waals surface area contributed by atoms with Gasteiger partial charge in [-0.25, -0.2) is 29.3 Å². The zero-order valence-electron chi connectivity index (χ0n) is 43.9. The summed E-state index contributed by atoms with van der Waals surface area (Å²) in [6.45, 7) is 5.95. The average molecular weight is 1190 g/mol. The monoisotopic (exact) mass is 1180 g/mol. The lowest BCUT2D eigenvalue weighted by Gasteiger charge is -2.19. The highest BCUT2D eigenvalue weighted by Crippen LogP contribution is 2.28. The molecule has 12 nitrogen and oxygen atoms in total. The lowest BCUT2D eigenvalue weighted by atomic mass is 10.1. The maximum absolute atomic E-state index is 12.0. The Bertz CT molecular complexity index is 3500. The molecule has 0 bridgehead atoms. The van der Waals surface area contributed by atoms with Crippen molar-refractivity contribution in [2.24, 2.45) is 0 Å². The van der Waals surface area contributed by atoms with Gasteiger partial charge in [-0.05, 0) is 142 Å². The van der Waals surface area contributed by atoms with E-state index in [0.29, 0.717) is 54.2 Å². The summed E-state index contributed by atoms with van der Waals surface area (Å²) >= 11 is 7.93. The van der Waals surface area contributed by atoms with Crippen molar-refractivity contribution in [1.82, 2.24) is 15.0 Å². The second kappa shape index (κ2) is 31.5. The van der Waals surface area contributed by atoms with E-state index in [2.05, 4.69) is 48.6 Å². The van der Waals surface area contributed by atoms with Crippen molar-refractivity contribution in [3.8, 4) is 99.6 Å². The van der Waals surface area contributed by atoms with Crippen LogP contribution in [0.25, 0.3) is 33.8 Å². The first kappa shape index (κ1) is 60.4. The number of carbonyl (C=O) groups is 3. The van der Waals surface area contributed by atoms with Crippen LogP contribution in [-0.2, 0) is 28.8 Å². The number of rotatable bonds is 16. The highest BCUT2D eigenvalue weighted by atomic mass is 79.9. The minimum atomic E-state index is -0.509. The number of halogens is 1. The van der Waals surface area contributed by atoms with Crippen LogP contribution in [0.4, 0.5) is 0 Å². The fourth-order valence-corrected chi connectivity index (χ4v) is 9.06. The predicted molar refractivity (Wildman–Crippen MR) is 322 cm³/mol. The minimum Gasteiger partial charge on any atom is -0.508 e. The number of alkyl halides is 1. The smallest absolute Gasteiger partial charge is 0.344 e. The van der Waals surface area contributed by atoms with Crippen molar-refractivity contribution in [3.05, 3.63) is 200 Å². The topological polar surface area (TPSA) is 156 Å². The van der Waals surface area contributed by atoms with E-state index in [1.165, 1.54) is 0 Å². The summed E-state index contributed by atoms with van der Waals surface area (Å²) in [5.41, 5.74) is 6.15. The molecule has 0 saturated heterocycles. The van der Waals surface area contributed by atoms with Gasteiger partial charge in [-0.1, -0.05) is 70.1 Å². The molecule has 0 unspecified atom stereocenters. The number of thiazole rings is 3. The van der Waals surface area contributed by atoms with Gasteiger partial charge in [0.2, 0.25) is 0 Å². The number of terminal acetylenes is 3. The lowest BCUT2D eigenvalue weighted by molar-refractivity contribution is -0.157. The number of phenols is 1. The van der Waals surface area contributed by atoms with E-state index in [0.717, 1.165) is 59.9 Å². The van der Waals surface area contributed by atoms with Gasteiger partial charge in [0.15, 0.2) is 6.61 Å². The fourth-order valence-electron chi connectivity index (χ4n) is 6.64. The third-order valence-corrected chi connectivity index (χ3v) is 13.1. The molecule has 0 amide bonds. The van der Waals surface area contributed by atoms with Gasteiger partial charge in [-0.2, -0.15) is 0 Å². The number of carbonyl (C=O) groups excluding carboxylic acids is 3. The van der Waals surface area contributed by atoms with E-state index < -0.39 is 5.60 Å². The largest absolute Gasteiger partial charge is 0.508 e. The number of hydrogen-bond donors (Lipinski definition) is 1. The maximum atomic E-state index is 12.0. The van der Waals surface area contributed by atoms with Gasteiger partial charge in [-0.3, -0.25) is 0 Å². The Morgan fingerprint density at radius 1 is 0.512 bits per heavy atom. The van der Waals surface area contributed by atoms with Crippen LogP contribution in [0, 0.1) is 37.0 Å². The number of phenolic OH excluding ortho intramolecular Hbond substituents is 1. The van der Waals surface area contributed by atoms with E-state index in [-0.39, 0.29) is 30.3 Å². The summed E-state index contributed by atoms with van der Waals surface area (Å²) in [5.74, 6) is 9.23. The Kier molecular flexibility index (Phi) is 23.8. The third-order valence-electron chi connectivity index (χ3n) is 10.3. The van der Waals surface area contributed by atoms with Crippen molar-refractivity contribution in [1.29, 1.82) is 0 Å². The first-order valence-electron chi connectivity index (χ1n) is 24.5. The maximum Gasteiger partial charge on any atom is 0.344 e. The zero-order chi connectivity index (χ0) is 57.1. The molecule has 80 heavy (non-hydrogen) atoms. The molecule has 3 heterocycles.